The topological polar surface area (TPSA) is 55.7 Å². The van der Waals surface area contributed by atoms with E-state index in [1.165, 1.54) is 12.1 Å². The molecule has 0 amide bonds. The van der Waals surface area contributed by atoms with Gasteiger partial charge in [0.1, 0.15) is 5.75 Å². The number of para-hydroxylation sites is 1. The summed E-state index contributed by atoms with van der Waals surface area (Å²) in [4.78, 5) is 0. The van der Waals surface area contributed by atoms with Gasteiger partial charge in [-0.15, -0.1) is 0 Å². The van der Waals surface area contributed by atoms with E-state index in [0.29, 0.717) is 0 Å². The highest BCUT2D eigenvalue weighted by molar-refractivity contribution is 7.87. The number of hydrogen-bond donors (Lipinski definition) is 0. The number of isothiocyanates is 1. The second-order valence-electron chi connectivity index (χ2n) is 2.01. The van der Waals surface area contributed by atoms with Crippen molar-refractivity contribution >= 4 is 27.7 Å². The van der Waals surface area contributed by atoms with E-state index in [4.69, 9.17) is 0 Å². The van der Waals surface area contributed by atoms with Gasteiger partial charge in [0.2, 0.25) is 0 Å². The summed E-state index contributed by atoms with van der Waals surface area (Å²) >= 11 is 4.14. The lowest BCUT2D eigenvalue weighted by molar-refractivity contribution is 0.488. The van der Waals surface area contributed by atoms with Crippen LogP contribution in [0.5, 0.6) is 5.75 Å². The summed E-state index contributed by atoms with van der Waals surface area (Å²) in [7, 11) is -3.97. The van der Waals surface area contributed by atoms with E-state index < -0.39 is 10.3 Å². The predicted molar refractivity (Wildman–Crippen MR) is 51.0 cm³/mol. The standard InChI is InChI=1S/C7H5NO3S2/c9-13(10,8-6-12)11-7-4-2-1-3-5-7/h1-5H. The van der Waals surface area contributed by atoms with Crippen LogP contribution < -0.4 is 4.18 Å². The van der Waals surface area contributed by atoms with Crippen molar-refractivity contribution in [1.82, 2.24) is 0 Å². The second kappa shape index (κ2) is 4.13. The Morgan fingerprint density at radius 3 is 2.46 bits per heavy atom. The first-order valence-electron chi connectivity index (χ1n) is 3.23. The van der Waals surface area contributed by atoms with E-state index in [1.54, 1.807) is 23.4 Å². The van der Waals surface area contributed by atoms with Crippen LogP contribution in [0, 0.1) is 0 Å². The van der Waals surface area contributed by atoms with Crippen LogP contribution in [0.1, 0.15) is 0 Å². The third-order valence-corrected chi connectivity index (χ3v) is 2.02. The van der Waals surface area contributed by atoms with Crippen LogP contribution >= 0.6 is 12.2 Å². The molecule has 0 aliphatic rings. The molecule has 68 valence electrons. The zero-order valence-corrected chi connectivity index (χ0v) is 8.01. The predicted octanol–water partition coefficient (Wildman–Crippen LogP) is 1.41. The van der Waals surface area contributed by atoms with Crippen LogP contribution in [-0.2, 0) is 10.3 Å². The highest BCUT2D eigenvalue weighted by Crippen LogP contribution is 2.11. The lowest BCUT2D eigenvalue weighted by atomic mass is 10.3. The van der Waals surface area contributed by atoms with E-state index in [-0.39, 0.29) is 5.75 Å². The van der Waals surface area contributed by atoms with Crippen LogP contribution in [0.15, 0.2) is 34.7 Å². The zero-order valence-electron chi connectivity index (χ0n) is 6.38. The molecule has 0 bridgehead atoms. The molecule has 6 heteroatoms. The highest BCUT2D eigenvalue weighted by atomic mass is 32.2. The van der Waals surface area contributed by atoms with Crippen molar-refractivity contribution in [2.75, 3.05) is 0 Å². The van der Waals surface area contributed by atoms with Crippen LogP contribution in [0.4, 0.5) is 0 Å². The molecule has 1 aromatic carbocycles. The van der Waals surface area contributed by atoms with Gasteiger partial charge in [-0.1, -0.05) is 22.6 Å². The summed E-state index contributed by atoms with van der Waals surface area (Å²) in [5.41, 5.74) is 0. The van der Waals surface area contributed by atoms with Gasteiger partial charge >= 0.3 is 10.3 Å². The average Bonchev–Trinajstić information content (AvgIpc) is 2.04. The first kappa shape index (κ1) is 9.85. The first-order valence-corrected chi connectivity index (χ1v) is 5.00. The molecular formula is C7H5NO3S2. The van der Waals surface area contributed by atoms with Crippen molar-refractivity contribution in [3.8, 4) is 5.75 Å². The molecule has 0 saturated heterocycles. The largest absolute Gasteiger partial charge is 0.437 e. The van der Waals surface area contributed by atoms with Crippen molar-refractivity contribution in [1.29, 1.82) is 0 Å². The smallest absolute Gasteiger partial charge is 0.365 e. The van der Waals surface area contributed by atoms with E-state index >= 15 is 0 Å². The number of thiocarbonyl (C=S) groups is 1. The summed E-state index contributed by atoms with van der Waals surface area (Å²) in [6.45, 7) is 0. The molecule has 0 fully saturated rings. The Hall–Kier alpha value is -1.23. The minimum absolute atomic E-state index is 0.191. The van der Waals surface area contributed by atoms with Gasteiger partial charge in [-0.05, 0) is 24.4 Å². The van der Waals surface area contributed by atoms with Crippen LogP contribution in [0.3, 0.4) is 0 Å². The van der Waals surface area contributed by atoms with E-state index in [0.717, 1.165) is 0 Å². The summed E-state index contributed by atoms with van der Waals surface area (Å²) in [5, 5.41) is 1.72. The van der Waals surface area contributed by atoms with Crippen molar-refractivity contribution in [2.24, 2.45) is 4.40 Å². The van der Waals surface area contributed by atoms with Gasteiger partial charge in [-0.25, -0.2) is 0 Å². The van der Waals surface area contributed by atoms with Crippen LogP contribution in [0.2, 0.25) is 0 Å². The lowest BCUT2D eigenvalue weighted by Crippen LogP contribution is -2.04. The van der Waals surface area contributed by atoms with E-state index in [9.17, 15) is 8.42 Å². The molecule has 0 unspecified atom stereocenters. The van der Waals surface area contributed by atoms with Crippen molar-refractivity contribution in [3.63, 3.8) is 0 Å². The highest BCUT2D eigenvalue weighted by Gasteiger charge is 2.08. The SMILES string of the molecule is O=S(=O)(N=C=S)Oc1ccccc1. The number of hydrogen-bond acceptors (Lipinski definition) is 4. The maximum atomic E-state index is 10.9. The van der Waals surface area contributed by atoms with Crippen molar-refractivity contribution in [2.45, 2.75) is 0 Å². The van der Waals surface area contributed by atoms with Gasteiger partial charge in [0.25, 0.3) is 0 Å². The molecule has 1 aromatic rings. The van der Waals surface area contributed by atoms with Gasteiger partial charge in [-0.2, -0.15) is 8.42 Å². The molecule has 0 aromatic heterocycles. The Balaban J connectivity index is 2.88. The number of nitrogens with zero attached hydrogens (tertiary/aromatic N) is 1. The van der Waals surface area contributed by atoms with Gasteiger partial charge in [-0.3, -0.25) is 0 Å². The molecule has 0 N–H and O–H groups in total. The molecule has 0 aliphatic carbocycles. The summed E-state index contributed by atoms with van der Waals surface area (Å²) in [6, 6.07) is 8.02. The van der Waals surface area contributed by atoms with Crippen molar-refractivity contribution in [3.05, 3.63) is 30.3 Å². The maximum Gasteiger partial charge on any atom is 0.437 e. The van der Waals surface area contributed by atoms with Crippen LogP contribution in [0.25, 0.3) is 0 Å². The third kappa shape index (κ3) is 3.33. The molecule has 13 heavy (non-hydrogen) atoms. The maximum absolute atomic E-state index is 10.9. The molecule has 0 atom stereocenters. The Bertz CT molecular complexity index is 420. The molecule has 0 heterocycles. The monoisotopic (exact) mass is 215 g/mol. The Labute approximate surface area is 81.1 Å². The summed E-state index contributed by atoms with van der Waals surface area (Å²) in [6.07, 6.45) is 0. The normalized spacial score (nSPS) is 10.2. The molecule has 1 rings (SSSR count). The zero-order chi connectivity index (χ0) is 9.73. The minimum atomic E-state index is -3.97. The van der Waals surface area contributed by atoms with Crippen LogP contribution in [-0.4, -0.2) is 13.6 Å². The fourth-order valence-corrected chi connectivity index (χ4v) is 1.42. The summed E-state index contributed by atoms with van der Waals surface area (Å²) < 4.78 is 29.1. The quantitative estimate of drug-likeness (QED) is 0.565. The lowest BCUT2D eigenvalue weighted by Gasteiger charge is -1.99. The number of benzene rings is 1. The molecule has 0 aliphatic heterocycles. The van der Waals surface area contributed by atoms with Gasteiger partial charge in [0.15, 0.2) is 0 Å². The molecule has 0 spiro atoms. The molecule has 0 saturated carbocycles. The molecule has 4 nitrogen and oxygen atoms in total. The molecular weight excluding hydrogens is 210 g/mol. The second-order valence-corrected chi connectivity index (χ2v) is 3.39. The first-order chi connectivity index (χ1) is 6.14. The minimum Gasteiger partial charge on any atom is -0.365 e. The Morgan fingerprint density at radius 2 is 1.92 bits per heavy atom. The number of rotatable bonds is 3. The van der Waals surface area contributed by atoms with E-state index in [1.807, 2.05) is 0 Å². The van der Waals surface area contributed by atoms with E-state index in [2.05, 4.69) is 20.8 Å². The average molecular weight is 215 g/mol. The molecule has 0 radical (unpaired) electrons. The fourth-order valence-electron chi connectivity index (χ4n) is 0.662. The fraction of sp³-hybridized carbons (Fsp3) is 0. The van der Waals surface area contributed by atoms with Gasteiger partial charge < -0.3 is 4.18 Å². The summed E-state index contributed by atoms with van der Waals surface area (Å²) in [5.74, 6) is 0.191. The Morgan fingerprint density at radius 1 is 1.31 bits per heavy atom. The van der Waals surface area contributed by atoms with Gasteiger partial charge in [0.05, 0.1) is 5.16 Å². The third-order valence-electron chi connectivity index (χ3n) is 1.09. The van der Waals surface area contributed by atoms with Gasteiger partial charge in [0, 0.05) is 0 Å². The Kier molecular flexibility index (Phi) is 3.13. The van der Waals surface area contributed by atoms with Crippen molar-refractivity contribution < 1.29 is 12.6 Å².